The summed E-state index contributed by atoms with van der Waals surface area (Å²) in [5.41, 5.74) is 0.220. The molecule has 0 aliphatic heterocycles. The molecule has 0 heterocycles. The zero-order valence-corrected chi connectivity index (χ0v) is 8.24. The van der Waals surface area contributed by atoms with Gasteiger partial charge < -0.3 is 9.84 Å². The number of ether oxygens (including phenoxy) is 1. The van der Waals surface area contributed by atoms with Gasteiger partial charge in [-0.2, -0.15) is 0 Å². The normalized spacial score (nSPS) is 11.2. The lowest BCUT2D eigenvalue weighted by Crippen LogP contribution is -2.00. The van der Waals surface area contributed by atoms with Gasteiger partial charge >= 0.3 is 5.97 Å². The van der Waals surface area contributed by atoms with Crippen molar-refractivity contribution in [2.75, 3.05) is 6.61 Å². The van der Waals surface area contributed by atoms with Gasteiger partial charge in [-0.1, -0.05) is 0 Å². The minimum Gasteiger partial charge on any atom is -0.490 e. The number of carbonyl (C=O) groups is 1. The van der Waals surface area contributed by atoms with E-state index in [0.29, 0.717) is 5.75 Å². The van der Waals surface area contributed by atoms with E-state index in [1.807, 2.05) is 0 Å². The summed E-state index contributed by atoms with van der Waals surface area (Å²) in [6.45, 7) is 1.64. The topological polar surface area (TPSA) is 46.5 Å². The van der Waals surface area contributed by atoms with Gasteiger partial charge in [0.1, 0.15) is 18.2 Å². The quantitative estimate of drug-likeness (QED) is 0.775. The lowest BCUT2D eigenvalue weighted by molar-refractivity contribution is -0.132. The summed E-state index contributed by atoms with van der Waals surface area (Å²) in [6.07, 6.45) is 1.45. The first-order chi connectivity index (χ1) is 7.09. The van der Waals surface area contributed by atoms with E-state index >= 15 is 0 Å². The summed E-state index contributed by atoms with van der Waals surface area (Å²) in [5.74, 6) is -0.803. The van der Waals surface area contributed by atoms with Crippen LogP contribution in [0.5, 0.6) is 5.75 Å². The van der Waals surface area contributed by atoms with Gasteiger partial charge in [0.25, 0.3) is 0 Å². The lowest BCUT2D eigenvalue weighted by Gasteiger charge is -2.02. The summed E-state index contributed by atoms with van der Waals surface area (Å²) < 4.78 is 17.7. The maximum atomic E-state index is 12.5. The van der Waals surface area contributed by atoms with Gasteiger partial charge in [-0.3, -0.25) is 0 Å². The van der Waals surface area contributed by atoms with Crippen molar-refractivity contribution in [3.8, 4) is 5.75 Å². The Balaban J connectivity index is 2.48. The number of benzene rings is 1. The van der Waals surface area contributed by atoms with Crippen molar-refractivity contribution in [3.63, 3.8) is 0 Å². The second-order valence-electron chi connectivity index (χ2n) is 2.96. The van der Waals surface area contributed by atoms with Crippen LogP contribution in [0.3, 0.4) is 0 Å². The number of carboxylic acid groups (broad SMARTS) is 1. The minimum absolute atomic E-state index is 0.157. The number of hydrogen-bond acceptors (Lipinski definition) is 2. The monoisotopic (exact) mass is 210 g/mol. The van der Waals surface area contributed by atoms with Crippen LogP contribution in [-0.2, 0) is 4.79 Å². The maximum absolute atomic E-state index is 12.5. The van der Waals surface area contributed by atoms with Gasteiger partial charge in [0.2, 0.25) is 0 Å². The predicted octanol–water partition coefficient (Wildman–Crippen LogP) is 2.24. The number of aliphatic carboxylic acids is 1. The fourth-order valence-corrected chi connectivity index (χ4v) is 0.881. The number of hydrogen-bond donors (Lipinski definition) is 1. The first kappa shape index (κ1) is 11.2. The highest BCUT2D eigenvalue weighted by Gasteiger charge is 1.98. The van der Waals surface area contributed by atoms with E-state index in [1.165, 1.54) is 37.3 Å². The van der Waals surface area contributed by atoms with Gasteiger partial charge in [0.15, 0.2) is 0 Å². The van der Waals surface area contributed by atoms with E-state index in [9.17, 15) is 9.18 Å². The molecule has 1 aromatic carbocycles. The Morgan fingerprint density at radius 2 is 2.07 bits per heavy atom. The maximum Gasteiger partial charge on any atom is 0.331 e. The molecule has 0 atom stereocenters. The summed E-state index contributed by atoms with van der Waals surface area (Å²) in [6, 6.07) is 5.53. The zero-order chi connectivity index (χ0) is 11.3. The van der Waals surface area contributed by atoms with Crippen LogP contribution in [0, 0.1) is 5.82 Å². The van der Waals surface area contributed by atoms with Crippen LogP contribution >= 0.6 is 0 Å². The molecule has 0 amide bonds. The second-order valence-corrected chi connectivity index (χ2v) is 2.96. The molecule has 15 heavy (non-hydrogen) atoms. The molecule has 0 saturated heterocycles. The molecule has 0 aliphatic carbocycles. The molecular weight excluding hydrogens is 199 g/mol. The summed E-state index contributed by atoms with van der Waals surface area (Å²) in [7, 11) is 0. The van der Waals surface area contributed by atoms with Gasteiger partial charge in [0, 0.05) is 5.57 Å². The number of halogens is 1. The molecule has 0 spiro atoms. The largest absolute Gasteiger partial charge is 0.490 e. The Kier molecular flexibility index (Phi) is 3.85. The van der Waals surface area contributed by atoms with Crippen LogP contribution in [-0.4, -0.2) is 17.7 Å². The Hall–Kier alpha value is -1.84. The van der Waals surface area contributed by atoms with Crippen molar-refractivity contribution < 1.29 is 19.0 Å². The highest BCUT2D eigenvalue weighted by Crippen LogP contribution is 2.10. The molecule has 1 rings (SSSR count). The zero-order valence-electron chi connectivity index (χ0n) is 8.24. The lowest BCUT2D eigenvalue weighted by atomic mass is 10.3. The third kappa shape index (κ3) is 3.81. The van der Waals surface area contributed by atoms with Crippen molar-refractivity contribution >= 4 is 5.97 Å². The molecule has 0 radical (unpaired) electrons. The van der Waals surface area contributed by atoms with Gasteiger partial charge in [-0.25, -0.2) is 9.18 Å². The van der Waals surface area contributed by atoms with E-state index < -0.39 is 5.97 Å². The van der Waals surface area contributed by atoms with Gasteiger partial charge in [-0.05, 0) is 37.3 Å². The Bertz CT molecular complexity index is 368. The second kappa shape index (κ2) is 5.14. The summed E-state index contributed by atoms with van der Waals surface area (Å²) >= 11 is 0. The molecule has 0 fully saturated rings. The standard InChI is InChI=1S/C11H11FO3/c1-8(11(13)14)6-7-15-10-4-2-9(12)3-5-10/h2-6H,7H2,1H3,(H,13,14). The van der Waals surface area contributed by atoms with Crippen molar-refractivity contribution in [2.45, 2.75) is 6.92 Å². The predicted molar refractivity (Wildman–Crippen MR) is 53.3 cm³/mol. The van der Waals surface area contributed by atoms with Crippen LogP contribution in [0.1, 0.15) is 6.92 Å². The summed E-state index contributed by atoms with van der Waals surface area (Å²) in [4.78, 5) is 10.4. The van der Waals surface area contributed by atoms with E-state index in [-0.39, 0.29) is 18.0 Å². The Labute approximate surface area is 86.8 Å². The number of carboxylic acids is 1. The first-order valence-electron chi connectivity index (χ1n) is 4.38. The molecule has 1 N–H and O–H groups in total. The molecule has 4 heteroatoms. The third-order valence-corrected chi connectivity index (χ3v) is 1.79. The molecule has 0 bridgehead atoms. The van der Waals surface area contributed by atoms with E-state index in [0.717, 1.165) is 0 Å². The van der Waals surface area contributed by atoms with Crippen LogP contribution < -0.4 is 4.74 Å². The highest BCUT2D eigenvalue weighted by molar-refractivity contribution is 5.85. The molecule has 0 aliphatic rings. The molecule has 0 unspecified atom stereocenters. The van der Waals surface area contributed by atoms with Crippen LogP contribution in [0.25, 0.3) is 0 Å². The van der Waals surface area contributed by atoms with E-state index in [4.69, 9.17) is 9.84 Å². The smallest absolute Gasteiger partial charge is 0.331 e. The van der Waals surface area contributed by atoms with Gasteiger partial charge in [0.05, 0.1) is 0 Å². The molecule has 0 saturated carbocycles. The van der Waals surface area contributed by atoms with Crippen molar-refractivity contribution in [2.24, 2.45) is 0 Å². The van der Waals surface area contributed by atoms with Crippen LogP contribution in [0.2, 0.25) is 0 Å². The van der Waals surface area contributed by atoms with Crippen LogP contribution in [0.15, 0.2) is 35.9 Å². The summed E-state index contributed by atoms with van der Waals surface area (Å²) in [5, 5.41) is 8.54. The third-order valence-electron chi connectivity index (χ3n) is 1.79. The number of rotatable bonds is 4. The Morgan fingerprint density at radius 1 is 1.47 bits per heavy atom. The molecular formula is C11H11FO3. The average molecular weight is 210 g/mol. The van der Waals surface area contributed by atoms with E-state index in [1.54, 1.807) is 0 Å². The molecule has 3 nitrogen and oxygen atoms in total. The molecule has 0 aromatic heterocycles. The fraction of sp³-hybridized carbons (Fsp3) is 0.182. The SMILES string of the molecule is CC(=CCOc1ccc(F)cc1)C(=O)O. The molecule has 1 aromatic rings. The molecule has 80 valence electrons. The van der Waals surface area contributed by atoms with Gasteiger partial charge in [-0.15, -0.1) is 0 Å². The van der Waals surface area contributed by atoms with E-state index in [2.05, 4.69) is 0 Å². The average Bonchev–Trinajstić information content (AvgIpc) is 2.20. The van der Waals surface area contributed by atoms with Crippen molar-refractivity contribution in [1.29, 1.82) is 0 Å². The first-order valence-corrected chi connectivity index (χ1v) is 4.38. The van der Waals surface area contributed by atoms with Crippen molar-refractivity contribution in [1.82, 2.24) is 0 Å². The Morgan fingerprint density at radius 3 is 2.60 bits per heavy atom. The highest BCUT2D eigenvalue weighted by atomic mass is 19.1. The van der Waals surface area contributed by atoms with Crippen molar-refractivity contribution in [3.05, 3.63) is 41.7 Å². The van der Waals surface area contributed by atoms with Crippen LogP contribution in [0.4, 0.5) is 4.39 Å². The minimum atomic E-state index is -0.974. The fourth-order valence-electron chi connectivity index (χ4n) is 0.881.